The molecule has 3 amide bonds. The highest BCUT2D eigenvalue weighted by Crippen LogP contribution is 2.42. The Hall–Kier alpha value is -1.63. The number of hydrogen-bond donors (Lipinski definition) is 3. The molecule has 0 radical (unpaired) electrons. The van der Waals surface area contributed by atoms with Gasteiger partial charge in [-0.25, -0.2) is 5.48 Å². The number of carbonyl (C=O) groups is 3. The van der Waals surface area contributed by atoms with Crippen LogP contribution in [-0.4, -0.2) is 47.5 Å². The lowest BCUT2D eigenvalue weighted by Gasteiger charge is -2.32. The molecule has 0 aliphatic carbocycles. The maximum absolute atomic E-state index is 13.2. The second kappa shape index (κ2) is 10.5. The van der Waals surface area contributed by atoms with Crippen LogP contribution in [0.25, 0.3) is 0 Å². The van der Waals surface area contributed by atoms with Gasteiger partial charge < -0.3 is 10.2 Å². The average Bonchev–Trinajstić information content (AvgIpc) is 2.91. The molecule has 1 fully saturated rings. The first-order chi connectivity index (χ1) is 12.3. The van der Waals surface area contributed by atoms with Crippen molar-refractivity contribution in [2.75, 3.05) is 13.6 Å². The first-order valence-corrected chi connectivity index (χ1v) is 9.78. The van der Waals surface area contributed by atoms with Crippen molar-refractivity contribution in [2.24, 2.45) is 11.3 Å². The number of hydrogen-bond acceptors (Lipinski definition) is 4. The molecule has 1 rings (SSSR count). The van der Waals surface area contributed by atoms with Gasteiger partial charge in [-0.2, -0.15) is 0 Å². The lowest BCUT2D eigenvalue weighted by atomic mass is 9.77. The predicted octanol–water partition coefficient (Wildman–Crippen LogP) is 2.23. The van der Waals surface area contributed by atoms with Crippen molar-refractivity contribution in [1.29, 1.82) is 0 Å². The van der Waals surface area contributed by atoms with E-state index in [1.165, 1.54) is 0 Å². The first-order valence-electron chi connectivity index (χ1n) is 9.78. The van der Waals surface area contributed by atoms with Crippen LogP contribution in [0.2, 0.25) is 0 Å². The SMILES string of the molecule is CCCCCCC[C@@]1(CC(=O)NO)CCN([C@@H](C(=O)NC)C(C)C)C1=O. The minimum Gasteiger partial charge on any atom is -0.357 e. The van der Waals surface area contributed by atoms with E-state index in [4.69, 9.17) is 5.21 Å². The molecule has 1 aliphatic heterocycles. The van der Waals surface area contributed by atoms with Crippen molar-refractivity contribution in [3.05, 3.63) is 0 Å². The van der Waals surface area contributed by atoms with Gasteiger partial charge in [0.15, 0.2) is 0 Å². The van der Waals surface area contributed by atoms with Crippen LogP contribution in [0.5, 0.6) is 0 Å². The van der Waals surface area contributed by atoms with Gasteiger partial charge in [0.1, 0.15) is 6.04 Å². The van der Waals surface area contributed by atoms with Crippen LogP contribution in [0.15, 0.2) is 0 Å². The Labute approximate surface area is 156 Å². The van der Waals surface area contributed by atoms with Crippen molar-refractivity contribution in [3.63, 3.8) is 0 Å². The van der Waals surface area contributed by atoms with Crippen LogP contribution in [0.4, 0.5) is 0 Å². The summed E-state index contributed by atoms with van der Waals surface area (Å²) < 4.78 is 0. The zero-order valence-electron chi connectivity index (χ0n) is 16.6. The van der Waals surface area contributed by atoms with E-state index in [0.29, 0.717) is 19.4 Å². The molecule has 150 valence electrons. The summed E-state index contributed by atoms with van der Waals surface area (Å²) in [6.45, 7) is 6.44. The Bertz CT molecular complexity index is 495. The number of hydroxylamine groups is 1. The lowest BCUT2D eigenvalue weighted by molar-refractivity contribution is -0.147. The Morgan fingerprint density at radius 3 is 2.42 bits per heavy atom. The van der Waals surface area contributed by atoms with Crippen LogP contribution in [0, 0.1) is 11.3 Å². The van der Waals surface area contributed by atoms with Crippen LogP contribution in [0.3, 0.4) is 0 Å². The highest BCUT2D eigenvalue weighted by molar-refractivity contribution is 5.94. The van der Waals surface area contributed by atoms with E-state index in [-0.39, 0.29) is 24.2 Å². The number of nitrogens with one attached hydrogen (secondary N) is 2. The van der Waals surface area contributed by atoms with E-state index in [1.54, 1.807) is 17.4 Å². The second-order valence-electron chi connectivity index (χ2n) is 7.71. The van der Waals surface area contributed by atoms with Gasteiger partial charge in [-0.3, -0.25) is 19.6 Å². The third-order valence-electron chi connectivity index (χ3n) is 5.41. The summed E-state index contributed by atoms with van der Waals surface area (Å²) in [5.41, 5.74) is 0.840. The number of carbonyl (C=O) groups excluding carboxylic acids is 3. The highest BCUT2D eigenvalue weighted by atomic mass is 16.5. The fourth-order valence-electron chi connectivity index (χ4n) is 3.96. The minimum absolute atomic E-state index is 0.0223. The molecule has 2 atom stereocenters. The highest BCUT2D eigenvalue weighted by Gasteiger charge is 2.50. The molecular formula is C19H35N3O4. The Kier molecular flexibility index (Phi) is 9.05. The zero-order chi connectivity index (χ0) is 19.7. The summed E-state index contributed by atoms with van der Waals surface area (Å²) in [6, 6.07) is -0.536. The molecule has 1 heterocycles. The molecule has 0 unspecified atom stereocenters. The number of likely N-dealkylation sites (N-methyl/N-ethyl adjacent to an activating group) is 1. The number of rotatable bonds is 11. The molecule has 7 heteroatoms. The summed E-state index contributed by atoms with van der Waals surface area (Å²) in [5.74, 6) is -0.890. The van der Waals surface area contributed by atoms with Crippen molar-refractivity contribution in [3.8, 4) is 0 Å². The lowest BCUT2D eigenvalue weighted by Crippen LogP contribution is -2.51. The van der Waals surface area contributed by atoms with E-state index >= 15 is 0 Å². The number of likely N-dealkylation sites (tertiary alicyclic amines) is 1. The molecule has 0 bridgehead atoms. The zero-order valence-corrected chi connectivity index (χ0v) is 16.6. The van der Waals surface area contributed by atoms with E-state index in [1.807, 2.05) is 13.8 Å². The maximum atomic E-state index is 13.2. The van der Waals surface area contributed by atoms with Crippen molar-refractivity contribution >= 4 is 17.7 Å². The van der Waals surface area contributed by atoms with Gasteiger partial charge in [0, 0.05) is 20.0 Å². The number of unbranched alkanes of at least 4 members (excludes halogenated alkanes) is 4. The van der Waals surface area contributed by atoms with Crippen LogP contribution in [0.1, 0.15) is 72.1 Å². The standard InChI is InChI=1S/C19H35N3O4/c1-5-6-7-8-9-10-19(13-15(23)21-26)11-12-22(18(19)25)16(14(2)3)17(24)20-4/h14,16,26H,5-13H2,1-4H3,(H,20,24)(H,21,23)/t16-,19+/m1/s1. The number of nitrogens with zero attached hydrogens (tertiary/aromatic N) is 1. The quantitative estimate of drug-likeness (QED) is 0.295. The predicted molar refractivity (Wildman–Crippen MR) is 99.4 cm³/mol. The average molecular weight is 370 g/mol. The van der Waals surface area contributed by atoms with E-state index < -0.39 is 17.4 Å². The smallest absolute Gasteiger partial charge is 0.244 e. The Balaban J connectivity index is 2.94. The molecule has 0 aromatic carbocycles. The molecule has 1 aliphatic rings. The van der Waals surface area contributed by atoms with E-state index in [2.05, 4.69) is 12.2 Å². The van der Waals surface area contributed by atoms with Crippen LogP contribution < -0.4 is 10.8 Å². The summed E-state index contributed by atoms with van der Waals surface area (Å²) >= 11 is 0. The van der Waals surface area contributed by atoms with Crippen molar-refractivity contribution in [2.45, 2.75) is 78.2 Å². The van der Waals surface area contributed by atoms with Gasteiger partial charge in [0.25, 0.3) is 0 Å². The molecule has 0 aromatic rings. The third-order valence-corrected chi connectivity index (χ3v) is 5.41. The van der Waals surface area contributed by atoms with Gasteiger partial charge in [-0.15, -0.1) is 0 Å². The second-order valence-corrected chi connectivity index (χ2v) is 7.71. The fraction of sp³-hybridized carbons (Fsp3) is 0.842. The molecule has 0 saturated carbocycles. The van der Waals surface area contributed by atoms with E-state index in [9.17, 15) is 14.4 Å². The molecular weight excluding hydrogens is 334 g/mol. The van der Waals surface area contributed by atoms with Crippen molar-refractivity contribution < 1.29 is 19.6 Å². The minimum atomic E-state index is -0.819. The summed E-state index contributed by atoms with van der Waals surface area (Å²) in [6.07, 6.45) is 6.42. The molecule has 0 spiro atoms. The van der Waals surface area contributed by atoms with E-state index in [0.717, 1.165) is 32.1 Å². The first kappa shape index (κ1) is 22.4. The van der Waals surface area contributed by atoms with Gasteiger partial charge in [-0.1, -0.05) is 52.9 Å². The topological polar surface area (TPSA) is 98.7 Å². The molecule has 0 aromatic heterocycles. The Morgan fingerprint density at radius 2 is 1.88 bits per heavy atom. The van der Waals surface area contributed by atoms with Crippen LogP contribution in [-0.2, 0) is 14.4 Å². The van der Waals surface area contributed by atoms with Gasteiger partial charge >= 0.3 is 0 Å². The molecule has 26 heavy (non-hydrogen) atoms. The summed E-state index contributed by atoms with van der Waals surface area (Å²) in [7, 11) is 1.57. The third kappa shape index (κ3) is 5.43. The monoisotopic (exact) mass is 369 g/mol. The molecule has 7 nitrogen and oxygen atoms in total. The molecule has 3 N–H and O–H groups in total. The van der Waals surface area contributed by atoms with Gasteiger partial charge in [0.05, 0.1) is 5.41 Å². The normalized spacial score (nSPS) is 21.2. The summed E-state index contributed by atoms with van der Waals surface area (Å²) in [4.78, 5) is 39.0. The van der Waals surface area contributed by atoms with Crippen molar-refractivity contribution in [1.82, 2.24) is 15.7 Å². The maximum Gasteiger partial charge on any atom is 0.244 e. The molecule has 1 saturated heterocycles. The number of amides is 3. The summed E-state index contributed by atoms with van der Waals surface area (Å²) in [5, 5.41) is 11.6. The van der Waals surface area contributed by atoms with Gasteiger partial charge in [-0.05, 0) is 18.8 Å². The largest absolute Gasteiger partial charge is 0.357 e. The fourth-order valence-corrected chi connectivity index (χ4v) is 3.96. The van der Waals surface area contributed by atoms with Crippen LogP contribution >= 0.6 is 0 Å². The van der Waals surface area contributed by atoms with Gasteiger partial charge in [0.2, 0.25) is 17.7 Å². The Morgan fingerprint density at radius 1 is 1.23 bits per heavy atom.